The van der Waals surface area contributed by atoms with Gasteiger partial charge in [-0.05, 0) is 64.4 Å². The highest BCUT2D eigenvalue weighted by atomic mass is 79.9. The average molecular weight is 325 g/mol. The van der Waals surface area contributed by atoms with Crippen molar-refractivity contribution in [1.29, 1.82) is 0 Å². The summed E-state index contributed by atoms with van der Waals surface area (Å²) in [5.74, 6) is 0.946. The Bertz CT molecular complexity index is 403. The first-order valence-corrected chi connectivity index (χ1v) is 8.04. The van der Waals surface area contributed by atoms with E-state index in [2.05, 4.69) is 71.4 Å². The van der Waals surface area contributed by atoms with E-state index in [1.165, 1.54) is 22.9 Å². The highest BCUT2D eigenvalue weighted by Crippen LogP contribution is 2.35. The van der Waals surface area contributed by atoms with E-state index in [9.17, 15) is 0 Å². The number of nitrogens with one attached hydrogen (secondary N) is 1. The fourth-order valence-electron chi connectivity index (χ4n) is 2.69. The molecule has 0 aliphatic heterocycles. The Labute approximate surface area is 125 Å². The van der Waals surface area contributed by atoms with E-state index >= 15 is 0 Å². The lowest BCUT2D eigenvalue weighted by atomic mass is 10.0. The molecule has 2 atom stereocenters. The number of hydrogen-bond donors (Lipinski definition) is 1. The van der Waals surface area contributed by atoms with Gasteiger partial charge in [0.25, 0.3) is 0 Å². The number of rotatable bonds is 7. The summed E-state index contributed by atoms with van der Waals surface area (Å²) >= 11 is 3.65. The zero-order valence-electron chi connectivity index (χ0n) is 12.2. The van der Waals surface area contributed by atoms with Gasteiger partial charge in [-0.3, -0.25) is 0 Å². The fraction of sp³-hybridized carbons (Fsp3) is 0.625. The monoisotopic (exact) mass is 324 g/mol. The van der Waals surface area contributed by atoms with Crippen LogP contribution in [0.15, 0.2) is 28.7 Å². The topological polar surface area (TPSA) is 15.3 Å². The van der Waals surface area contributed by atoms with E-state index < -0.39 is 0 Å². The van der Waals surface area contributed by atoms with Crippen LogP contribution < -0.4 is 5.32 Å². The van der Waals surface area contributed by atoms with E-state index in [-0.39, 0.29) is 0 Å². The molecule has 0 bridgehead atoms. The maximum Gasteiger partial charge on any atom is 0.0340 e. The van der Waals surface area contributed by atoms with Crippen molar-refractivity contribution >= 4 is 15.9 Å². The molecule has 1 aromatic carbocycles. The molecule has 0 amide bonds. The third-order valence-corrected chi connectivity index (χ3v) is 5.12. The van der Waals surface area contributed by atoms with Crippen molar-refractivity contribution in [3.63, 3.8) is 0 Å². The van der Waals surface area contributed by atoms with Crippen molar-refractivity contribution in [2.45, 2.75) is 38.3 Å². The van der Waals surface area contributed by atoms with Crippen molar-refractivity contribution in [3.8, 4) is 0 Å². The lowest BCUT2D eigenvalue weighted by molar-refractivity contribution is 0.223. The van der Waals surface area contributed by atoms with Gasteiger partial charge in [0.05, 0.1) is 0 Å². The molecule has 1 saturated carbocycles. The highest BCUT2D eigenvalue weighted by Gasteiger charge is 2.30. The van der Waals surface area contributed by atoms with Gasteiger partial charge in [0.2, 0.25) is 0 Å². The predicted octanol–water partition coefficient (Wildman–Crippen LogP) is 3.83. The maximum absolute atomic E-state index is 3.65. The van der Waals surface area contributed by atoms with E-state index in [0.717, 1.165) is 24.9 Å². The van der Waals surface area contributed by atoms with Crippen LogP contribution in [0, 0.1) is 5.92 Å². The molecular weight excluding hydrogens is 300 g/mol. The SMILES string of the molecule is CNC(CCN(C)C(C)C1CC1)c1ccccc1Br. The number of benzene rings is 1. The van der Waals surface area contributed by atoms with Gasteiger partial charge in [0.15, 0.2) is 0 Å². The van der Waals surface area contributed by atoms with Crippen molar-refractivity contribution < 1.29 is 0 Å². The summed E-state index contributed by atoms with van der Waals surface area (Å²) in [5, 5.41) is 3.44. The molecule has 3 heteroatoms. The Kier molecular flexibility index (Phi) is 5.43. The second-order valence-corrected chi connectivity index (χ2v) is 6.56. The van der Waals surface area contributed by atoms with Gasteiger partial charge in [-0.1, -0.05) is 34.1 Å². The van der Waals surface area contributed by atoms with Crippen LogP contribution in [-0.2, 0) is 0 Å². The van der Waals surface area contributed by atoms with E-state index in [1.54, 1.807) is 0 Å². The number of nitrogens with zero attached hydrogens (tertiary/aromatic N) is 1. The smallest absolute Gasteiger partial charge is 0.0340 e. The van der Waals surface area contributed by atoms with Crippen LogP contribution in [0.25, 0.3) is 0 Å². The molecular formula is C16H25BrN2. The zero-order chi connectivity index (χ0) is 13.8. The zero-order valence-corrected chi connectivity index (χ0v) is 13.8. The fourth-order valence-corrected chi connectivity index (χ4v) is 3.25. The second-order valence-electron chi connectivity index (χ2n) is 5.71. The lowest BCUT2D eigenvalue weighted by Gasteiger charge is -2.27. The molecule has 2 unspecified atom stereocenters. The highest BCUT2D eigenvalue weighted by molar-refractivity contribution is 9.10. The number of halogens is 1. The first kappa shape index (κ1) is 15.0. The molecule has 0 heterocycles. The van der Waals surface area contributed by atoms with E-state index in [0.29, 0.717) is 6.04 Å². The van der Waals surface area contributed by atoms with Crippen LogP contribution in [0.4, 0.5) is 0 Å². The van der Waals surface area contributed by atoms with Crippen molar-refractivity contribution in [3.05, 3.63) is 34.3 Å². The first-order valence-electron chi connectivity index (χ1n) is 7.25. The van der Waals surface area contributed by atoms with Gasteiger partial charge in [-0.15, -0.1) is 0 Å². The van der Waals surface area contributed by atoms with Crippen LogP contribution in [-0.4, -0.2) is 31.6 Å². The molecule has 106 valence electrons. The van der Waals surface area contributed by atoms with Crippen LogP contribution in [0.2, 0.25) is 0 Å². The summed E-state index contributed by atoms with van der Waals surface area (Å²) < 4.78 is 1.20. The molecule has 19 heavy (non-hydrogen) atoms. The Hall–Kier alpha value is -0.380. The number of hydrogen-bond acceptors (Lipinski definition) is 2. The molecule has 1 N–H and O–H groups in total. The molecule has 1 aliphatic carbocycles. The summed E-state index contributed by atoms with van der Waals surface area (Å²) in [4.78, 5) is 2.51. The molecule has 1 fully saturated rings. The van der Waals surface area contributed by atoms with Gasteiger partial charge >= 0.3 is 0 Å². The summed E-state index contributed by atoms with van der Waals surface area (Å²) in [5.41, 5.74) is 1.36. The summed E-state index contributed by atoms with van der Waals surface area (Å²) in [6, 6.07) is 9.66. The van der Waals surface area contributed by atoms with E-state index in [4.69, 9.17) is 0 Å². The van der Waals surface area contributed by atoms with Crippen molar-refractivity contribution in [1.82, 2.24) is 10.2 Å². The van der Waals surface area contributed by atoms with Crippen LogP contribution in [0.3, 0.4) is 0 Å². The largest absolute Gasteiger partial charge is 0.313 e. The minimum atomic E-state index is 0.421. The second kappa shape index (κ2) is 6.87. The molecule has 2 nitrogen and oxygen atoms in total. The standard InChI is InChI=1S/C16H25BrN2/c1-12(13-8-9-13)19(3)11-10-16(18-2)14-6-4-5-7-15(14)17/h4-7,12-13,16,18H,8-11H2,1-3H3. The minimum absolute atomic E-state index is 0.421. The normalized spacial score (nSPS) is 18.6. The summed E-state index contributed by atoms with van der Waals surface area (Å²) in [6.45, 7) is 3.51. The summed E-state index contributed by atoms with van der Waals surface area (Å²) in [7, 11) is 4.31. The first-order chi connectivity index (χ1) is 9.13. The van der Waals surface area contributed by atoms with Crippen LogP contribution >= 0.6 is 15.9 Å². The quantitative estimate of drug-likeness (QED) is 0.820. The Morgan fingerprint density at radius 3 is 2.63 bits per heavy atom. The maximum atomic E-state index is 3.65. The Balaban J connectivity index is 1.90. The molecule has 0 radical (unpaired) electrons. The van der Waals surface area contributed by atoms with Crippen molar-refractivity contribution in [2.75, 3.05) is 20.6 Å². The van der Waals surface area contributed by atoms with Crippen molar-refractivity contribution in [2.24, 2.45) is 5.92 Å². The molecule has 0 aromatic heterocycles. The minimum Gasteiger partial charge on any atom is -0.313 e. The van der Waals surface area contributed by atoms with Gasteiger partial charge in [-0.2, -0.15) is 0 Å². The van der Waals surface area contributed by atoms with E-state index in [1.807, 2.05) is 0 Å². The molecule has 1 aromatic rings. The Morgan fingerprint density at radius 1 is 1.37 bits per heavy atom. The van der Waals surface area contributed by atoms with Crippen LogP contribution in [0.1, 0.15) is 37.8 Å². The summed E-state index contributed by atoms with van der Waals surface area (Å²) in [6.07, 6.45) is 3.99. The lowest BCUT2D eigenvalue weighted by Crippen LogP contribution is -2.33. The van der Waals surface area contributed by atoms with Gasteiger partial charge in [0, 0.05) is 16.6 Å². The van der Waals surface area contributed by atoms with Gasteiger partial charge in [0.1, 0.15) is 0 Å². The molecule has 0 saturated heterocycles. The van der Waals surface area contributed by atoms with Gasteiger partial charge < -0.3 is 10.2 Å². The molecule has 1 aliphatic rings. The molecule has 2 rings (SSSR count). The third kappa shape index (κ3) is 4.04. The average Bonchev–Trinajstić information content (AvgIpc) is 3.24. The third-order valence-electron chi connectivity index (χ3n) is 4.40. The molecule has 0 spiro atoms. The van der Waals surface area contributed by atoms with Crippen LogP contribution in [0.5, 0.6) is 0 Å². The predicted molar refractivity (Wildman–Crippen MR) is 85.4 cm³/mol. The van der Waals surface area contributed by atoms with Gasteiger partial charge in [-0.25, -0.2) is 0 Å². The Morgan fingerprint density at radius 2 is 2.05 bits per heavy atom.